The first-order valence-corrected chi connectivity index (χ1v) is 6.34. The third kappa shape index (κ3) is 3.14. The Bertz CT molecular complexity index is 315. The molecule has 1 saturated carbocycles. The summed E-state index contributed by atoms with van der Waals surface area (Å²) in [6, 6.07) is 1.74. The second kappa shape index (κ2) is 5.75. The van der Waals surface area contributed by atoms with Crippen LogP contribution in [0.2, 0.25) is 0 Å². The first-order valence-electron chi connectivity index (χ1n) is 5.12. The molecule has 16 heavy (non-hydrogen) atoms. The van der Waals surface area contributed by atoms with Crippen LogP contribution in [0.4, 0.5) is 0 Å². The van der Waals surface area contributed by atoms with Gasteiger partial charge < -0.3 is 10.6 Å². The Kier molecular flexibility index (Phi) is 4.62. The summed E-state index contributed by atoms with van der Waals surface area (Å²) < 4.78 is 0.116. The van der Waals surface area contributed by atoms with E-state index in [4.69, 9.17) is 5.26 Å². The molecule has 5 nitrogen and oxygen atoms in total. The third-order valence-electron chi connectivity index (χ3n) is 2.80. The van der Waals surface area contributed by atoms with Crippen LogP contribution < -0.4 is 10.6 Å². The van der Waals surface area contributed by atoms with Crippen molar-refractivity contribution < 1.29 is 9.59 Å². The third-order valence-corrected chi connectivity index (χ3v) is 4.22. The highest BCUT2D eigenvalue weighted by Crippen LogP contribution is 2.42. The van der Waals surface area contributed by atoms with Gasteiger partial charge in [-0.2, -0.15) is 17.0 Å². The zero-order valence-corrected chi connectivity index (χ0v) is 10.0. The van der Waals surface area contributed by atoms with Gasteiger partial charge in [0.15, 0.2) is 0 Å². The Morgan fingerprint density at radius 1 is 1.38 bits per heavy atom. The summed E-state index contributed by atoms with van der Waals surface area (Å²) in [6.07, 6.45) is 5.35. The molecule has 0 atom stereocenters. The SMILES string of the molecule is CSC1(CNC(=O)C(=O)NCC#N)CCC1. The van der Waals surface area contributed by atoms with Crippen molar-refractivity contribution in [1.29, 1.82) is 5.26 Å². The van der Waals surface area contributed by atoms with Crippen molar-refractivity contribution in [3.8, 4) is 6.07 Å². The number of nitrogens with one attached hydrogen (secondary N) is 2. The van der Waals surface area contributed by atoms with Crippen molar-refractivity contribution in [2.75, 3.05) is 19.3 Å². The molecule has 0 aromatic rings. The number of hydrogen-bond acceptors (Lipinski definition) is 4. The van der Waals surface area contributed by atoms with Crippen molar-refractivity contribution in [3.05, 3.63) is 0 Å². The highest BCUT2D eigenvalue weighted by molar-refractivity contribution is 8.00. The largest absolute Gasteiger partial charge is 0.346 e. The van der Waals surface area contributed by atoms with Gasteiger partial charge in [0.25, 0.3) is 0 Å². The highest BCUT2D eigenvalue weighted by Gasteiger charge is 2.36. The Hall–Kier alpha value is -1.22. The van der Waals surface area contributed by atoms with Crippen molar-refractivity contribution >= 4 is 23.6 Å². The zero-order chi connectivity index (χ0) is 12.0. The maximum Gasteiger partial charge on any atom is 0.310 e. The lowest BCUT2D eigenvalue weighted by atomic mass is 9.84. The van der Waals surface area contributed by atoms with Crippen molar-refractivity contribution in [2.24, 2.45) is 0 Å². The summed E-state index contributed by atoms with van der Waals surface area (Å²) in [5, 5.41) is 13.0. The van der Waals surface area contributed by atoms with E-state index in [0.717, 1.165) is 12.8 Å². The maximum atomic E-state index is 11.3. The van der Waals surface area contributed by atoms with Gasteiger partial charge in [0, 0.05) is 11.3 Å². The van der Waals surface area contributed by atoms with Gasteiger partial charge in [-0.15, -0.1) is 0 Å². The normalized spacial score (nSPS) is 16.8. The van der Waals surface area contributed by atoms with Gasteiger partial charge in [0.2, 0.25) is 0 Å². The van der Waals surface area contributed by atoms with Crippen LogP contribution in [0.25, 0.3) is 0 Å². The van der Waals surface area contributed by atoms with Crippen LogP contribution in [0.3, 0.4) is 0 Å². The lowest BCUT2D eigenvalue weighted by Gasteiger charge is -2.40. The smallest absolute Gasteiger partial charge is 0.310 e. The minimum Gasteiger partial charge on any atom is -0.346 e. The Balaban J connectivity index is 2.29. The first-order chi connectivity index (χ1) is 7.63. The Labute approximate surface area is 99.0 Å². The predicted molar refractivity (Wildman–Crippen MR) is 61.7 cm³/mol. The molecule has 88 valence electrons. The van der Waals surface area contributed by atoms with Crippen molar-refractivity contribution in [2.45, 2.75) is 24.0 Å². The molecule has 1 rings (SSSR count). The van der Waals surface area contributed by atoms with Crippen LogP contribution in [0, 0.1) is 11.3 Å². The molecule has 0 aliphatic heterocycles. The van der Waals surface area contributed by atoms with Crippen LogP contribution in [0.15, 0.2) is 0 Å². The molecular formula is C10H15N3O2S. The van der Waals surface area contributed by atoms with Crippen LogP contribution in [-0.2, 0) is 9.59 Å². The number of carbonyl (C=O) groups is 2. The summed E-state index contributed by atoms with van der Waals surface area (Å²) in [5.74, 6) is -1.40. The molecule has 0 heterocycles. The topological polar surface area (TPSA) is 82.0 Å². The fraction of sp³-hybridized carbons (Fsp3) is 0.700. The number of nitrogens with zero attached hydrogens (tertiary/aromatic N) is 1. The van der Waals surface area contributed by atoms with Gasteiger partial charge in [-0.3, -0.25) is 9.59 Å². The number of amides is 2. The van der Waals surface area contributed by atoms with E-state index in [0.29, 0.717) is 6.54 Å². The molecule has 2 N–H and O–H groups in total. The summed E-state index contributed by atoms with van der Waals surface area (Å²) in [7, 11) is 0. The molecular weight excluding hydrogens is 226 g/mol. The lowest BCUT2D eigenvalue weighted by molar-refractivity contribution is -0.139. The number of thioether (sulfide) groups is 1. The molecule has 1 fully saturated rings. The fourth-order valence-corrected chi connectivity index (χ4v) is 2.46. The highest BCUT2D eigenvalue weighted by atomic mass is 32.2. The second-order valence-electron chi connectivity index (χ2n) is 3.76. The molecule has 0 spiro atoms. The number of carbonyl (C=O) groups excluding carboxylic acids is 2. The van der Waals surface area contributed by atoms with E-state index in [1.165, 1.54) is 6.42 Å². The average molecular weight is 241 g/mol. The molecule has 2 amide bonds. The molecule has 1 aliphatic rings. The Morgan fingerprint density at radius 3 is 2.44 bits per heavy atom. The Morgan fingerprint density at radius 2 is 2.00 bits per heavy atom. The standard InChI is InChI=1S/C10H15N3O2S/c1-16-10(3-2-4-10)7-13-9(15)8(14)12-6-5-11/h2-4,6-7H2,1H3,(H,12,14)(H,13,15). The summed E-state index contributed by atoms with van der Waals surface area (Å²) >= 11 is 1.73. The van der Waals surface area contributed by atoms with E-state index >= 15 is 0 Å². The van der Waals surface area contributed by atoms with Gasteiger partial charge in [0.05, 0.1) is 6.07 Å². The van der Waals surface area contributed by atoms with E-state index in [2.05, 4.69) is 10.6 Å². The molecule has 1 aliphatic carbocycles. The second-order valence-corrected chi connectivity index (χ2v) is 5.04. The summed E-state index contributed by atoms with van der Waals surface area (Å²) in [6.45, 7) is 0.382. The number of rotatable bonds is 4. The van der Waals surface area contributed by atoms with E-state index < -0.39 is 11.8 Å². The predicted octanol–water partition coefficient (Wildman–Crippen LogP) is 0.0281. The van der Waals surface area contributed by atoms with Gasteiger partial charge in [-0.1, -0.05) is 6.42 Å². The zero-order valence-electron chi connectivity index (χ0n) is 9.21. The monoisotopic (exact) mass is 241 g/mol. The fourth-order valence-electron chi connectivity index (χ4n) is 1.55. The molecule has 0 saturated heterocycles. The van der Waals surface area contributed by atoms with Crippen molar-refractivity contribution in [1.82, 2.24) is 10.6 Å². The van der Waals surface area contributed by atoms with Gasteiger partial charge in [-0.05, 0) is 19.1 Å². The van der Waals surface area contributed by atoms with Crippen LogP contribution in [0.5, 0.6) is 0 Å². The van der Waals surface area contributed by atoms with Crippen LogP contribution >= 0.6 is 11.8 Å². The van der Waals surface area contributed by atoms with E-state index in [1.807, 2.05) is 6.26 Å². The van der Waals surface area contributed by atoms with Gasteiger partial charge >= 0.3 is 11.8 Å². The van der Waals surface area contributed by atoms with Gasteiger partial charge in [0.1, 0.15) is 6.54 Å². The van der Waals surface area contributed by atoms with E-state index in [1.54, 1.807) is 17.8 Å². The first kappa shape index (κ1) is 12.8. The summed E-state index contributed by atoms with van der Waals surface area (Å²) in [4.78, 5) is 22.4. The number of nitriles is 1. The van der Waals surface area contributed by atoms with E-state index in [-0.39, 0.29) is 11.3 Å². The molecule has 0 unspecified atom stereocenters. The molecule has 0 bridgehead atoms. The minimum absolute atomic E-state index is 0.116. The number of hydrogen-bond donors (Lipinski definition) is 2. The molecule has 0 aromatic heterocycles. The van der Waals surface area contributed by atoms with Crippen LogP contribution in [0.1, 0.15) is 19.3 Å². The maximum absolute atomic E-state index is 11.3. The minimum atomic E-state index is -0.739. The average Bonchev–Trinajstić information content (AvgIpc) is 2.24. The summed E-state index contributed by atoms with van der Waals surface area (Å²) in [5.41, 5.74) is 0. The van der Waals surface area contributed by atoms with Crippen LogP contribution in [-0.4, -0.2) is 35.9 Å². The van der Waals surface area contributed by atoms with Gasteiger partial charge in [-0.25, -0.2) is 0 Å². The molecule has 0 aromatic carbocycles. The van der Waals surface area contributed by atoms with Crippen molar-refractivity contribution in [3.63, 3.8) is 0 Å². The van der Waals surface area contributed by atoms with E-state index in [9.17, 15) is 9.59 Å². The quantitative estimate of drug-likeness (QED) is 0.537. The molecule has 0 radical (unpaired) electrons. The lowest BCUT2D eigenvalue weighted by Crippen LogP contribution is -2.49. The molecule has 6 heteroatoms.